The number of hydrogen-bond donors (Lipinski definition) is 1. The number of thioether (sulfide) groups is 1. The first-order chi connectivity index (χ1) is 12.3. The van der Waals surface area contributed by atoms with Crippen molar-refractivity contribution in [2.24, 2.45) is 0 Å². The van der Waals surface area contributed by atoms with E-state index < -0.39 is 0 Å². The average molecular weight is 356 g/mol. The van der Waals surface area contributed by atoms with Crippen molar-refractivity contribution in [3.63, 3.8) is 0 Å². The van der Waals surface area contributed by atoms with E-state index in [4.69, 9.17) is 5.11 Å². The third kappa shape index (κ3) is 3.21. The molecule has 4 rings (SSSR count). The van der Waals surface area contributed by atoms with Crippen LogP contribution in [0.5, 0.6) is 0 Å². The third-order valence-corrected chi connectivity index (χ3v) is 5.56. The van der Waals surface area contributed by atoms with Crippen molar-refractivity contribution in [1.82, 2.24) is 18.9 Å². The number of fused-ring (bicyclic) bond motifs is 2. The van der Waals surface area contributed by atoms with Gasteiger partial charge in [-0.3, -0.25) is 4.57 Å². The second-order valence-corrected chi connectivity index (χ2v) is 7.16. The van der Waals surface area contributed by atoms with Crippen LogP contribution in [0.1, 0.15) is 29.8 Å². The van der Waals surface area contributed by atoms with Crippen molar-refractivity contribution in [1.29, 1.82) is 0 Å². The molecule has 1 aliphatic carbocycles. The van der Waals surface area contributed by atoms with Gasteiger partial charge in [0.1, 0.15) is 10.7 Å². The van der Waals surface area contributed by atoms with Gasteiger partial charge in [-0.15, -0.1) is 0 Å². The quantitative estimate of drug-likeness (QED) is 0.541. The molecule has 3 aromatic rings. The zero-order valence-electron chi connectivity index (χ0n) is 13.9. The van der Waals surface area contributed by atoms with E-state index in [0.717, 1.165) is 41.3 Å². The summed E-state index contributed by atoms with van der Waals surface area (Å²) in [5.74, 6) is 0.696. The normalized spacial score (nSPS) is 13.5. The Balaban J connectivity index is 1.59. The van der Waals surface area contributed by atoms with Crippen LogP contribution < -0.4 is 5.69 Å². The molecule has 0 unspecified atom stereocenters. The molecule has 25 heavy (non-hydrogen) atoms. The Hall–Kier alpha value is -2.12. The summed E-state index contributed by atoms with van der Waals surface area (Å²) in [6.45, 7) is 0.633. The molecular weight excluding hydrogens is 336 g/mol. The fourth-order valence-corrected chi connectivity index (χ4v) is 4.32. The van der Waals surface area contributed by atoms with Crippen LogP contribution in [0.2, 0.25) is 0 Å². The standard InChI is InChI=1S/C18H20N4O2S/c23-10-4-9-22-15-6-3-5-14(15)17(20-18(22)24)25-12-13-11-21-8-2-1-7-16(21)19-13/h1-2,7-8,11,23H,3-6,9-10,12H2. The summed E-state index contributed by atoms with van der Waals surface area (Å²) in [6.07, 6.45) is 7.53. The lowest BCUT2D eigenvalue weighted by Gasteiger charge is -2.13. The van der Waals surface area contributed by atoms with E-state index in [2.05, 4.69) is 9.97 Å². The molecule has 7 heteroatoms. The molecule has 0 saturated heterocycles. The number of nitrogens with zero attached hydrogens (tertiary/aromatic N) is 4. The van der Waals surface area contributed by atoms with E-state index in [9.17, 15) is 4.79 Å². The SMILES string of the molecule is O=c1nc(SCc2cn3ccccc3n2)c2c(n1CCCO)CCC2. The molecule has 0 atom stereocenters. The zero-order chi connectivity index (χ0) is 17.2. The number of rotatable bonds is 6. The first-order valence-electron chi connectivity index (χ1n) is 8.55. The number of imidazole rings is 1. The maximum absolute atomic E-state index is 12.4. The predicted molar refractivity (Wildman–Crippen MR) is 97.0 cm³/mol. The van der Waals surface area contributed by atoms with Gasteiger partial charge in [-0.2, -0.15) is 4.98 Å². The molecule has 0 radical (unpaired) electrons. The number of aliphatic hydroxyl groups is 1. The van der Waals surface area contributed by atoms with Gasteiger partial charge in [0.15, 0.2) is 0 Å². The monoisotopic (exact) mass is 356 g/mol. The van der Waals surface area contributed by atoms with Gasteiger partial charge in [0, 0.05) is 42.6 Å². The minimum absolute atomic E-state index is 0.0889. The highest BCUT2D eigenvalue weighted by Gasteiger charge is 2.22. The maximum Gasteiger partial charge on any atom is 0.348 e. The number of pyridine rings is 1. The van der Waals surface area contributed by atoms with Crippen LogP contribution in [-0.4, -0.2) is 30.6 Å². The topological polar surface area (TPSA) is 72.4 Å². The van der Waals surface area contributed by atoms with Gasteiger partial charge in [-0.25, -0.2) is 9.78 Å². The molecule has 0 aromatic carbocycles. The number of aromatic nitrogens is 4. The molecular formula is C18H20N4O2S. The summed E-state index contributed by atoms with van der Waals surface area (Å²) in [5, 5.41) is 9.89. The van der Waals surface area contributed by atoms with Crippen LogP contribution in [0.3, 0.4) is 0 Å². The van der Waals surface area contributed by atoms with Gasteiger partial charge in [-0.1, -0.05) is 17.8 Å². The molecule has 130 valence electrons. The largest absolute Gasteiger partial charge is 0.396 e. The minimum atomic E-state index is -0.202. The fourth-order valence-electron chi connectivity index (χ4n) is 3.36. The molecule has 0 bridgehead atoms. The molecule has 0 fully saturated rings. The summed E-state index contributed by atoms with van der Waals surface area (Å²) in [5.41, 5.74) is 4.01. The third-order valence-electron chi connectivity index (χ3n) is 4.51. The Morgan fingerprint density at radius 1 is 1.24 bits per heavy atom. The molecule has 0 saturated carbocycles. The van der Waals surface area contributed by atoms with E-state index in [1.165, 1.54) is 5.56 Å². The van der Waals surface area contributed by atoms with Crippen molar-refractivity contribution >= 4 is 17.4 Å². The first kappa shape index (κ1) is 16.4. The van der Waals surface area contributed by atoms with Gasteiger partial charge in [0.2, 0.25) is 0 Å². The van der Waals surface area contributed by atoms with E-state index in [1.54, 1.807) is 16.3 Å². The Morgan fingerprint density at radius 2 is 2.16 bits per heavy atom. The minimum Gasteiger partial charge on any atom is -0.396 e. The highest BCUT2D eigenvalue weighted by Crippen LogP contribution is 2.31. The van der Waals surface area contributed by atoms with Crippen LogP contribution in [0.15, 0.2) is 40.4 Å². The molecule has 1 N–H and O–H groups in total. The van der Waals surface area contributed by atoms with Crippen molar-refractivity contribution in [2.75, 3.05) is 6.61 Å². The van der Waals surface area contributed by atoms with Gasteiger partial charge in [0.05, 0.1) is 5.69 Å². The average Bonchev–Trinajstić information content (AvgIpc) is 3.25. The summed E-state index contributed by atoms with van der Waals surface area (Å²) in [7, 11) is 0. The van der Waals surface area contributed by atoms with E-state index in [1.807, 2.05) is 35.0 Å². The fraction of sp³-hybridized carbons (Fsp3) is 0.389. The van der Waals surface area contributed by atoms with E-state index >= 15 is 0 Å². The van der Waals surface area contributed by atoms with Crippen LogP contribution in [-0.2, 0) is 25.1 Å². The predicted octanol–water partition coefficient (Wildman–Crippen LogP) is 2.05. The molecule has 0 amide bonds. The van der Waals surface area contributed by atoms with Gasteiger partial charge < -0.3 is 9.51 Å². The Morgan fingerprint density at radius 3 is 3.00 bits per heavy atom. The van der Waals surface area contributed by atoms with Crippen molar-refractivity contribution in [3.05, 3.63) is 58.0 Å². The Kier molecular flexibility index (Phi) is 4.59. The lowest BCUT2D eigenvalue weighted by molar-refractivity contribution is 0.277. The summed E-state index contributed by atoms with van der Waals surface area (Å²) in [4.78, 5) is 21.3. The Labute approximate surface area is 149 Å². The lowest BCUT2D eigenvalue weighted by Crippen LogP contribution is -2.27. The van der Waals surface area contributed by atoms with E-state index in [-0.39, 0.29) is 12.3 Å². The molecule has 0 aliphatic heterocycles. The molecule has 0 spiro atoms. The van der Waals surface area contributed by atoms with E-state index in [0.29, 0.717) is 18.7 Å². The van der Waals surface area contributed by atoms with Crippen LogP contribution in [0.25, 0.3) is 5.65 Å². The van der Waals surface area contributed by atoms with Crippen molar-refractivity contribution in [3.8, 4) is 0 Å². The Bertz CT molecular complexity index is 930. The van der Waals surface area contributed by atoms with Gasteiger partial charge in [-0.05, 0) is 37.8 Å². The highest BCUT2D eigenvalue weighted by atomic mass is 32.2. The van der Waals surface area contributed by atoms with Gasteiger partial charge >= 0.3 is 5.69 Å². The van der Waals surface area contributed by atoms with Crippen molar-refractivity contribution < 1.29 is 5.11 Å². The molecule has 1 aliphatic rings. The first-order valence-corrected chi connectivity index (χ1v) is 9.53. The van der Waals surface area contributed by atoms with Crippen LogP contribution >= 0.6 is 11.8 Å². The second-order valence-electron chi connectivity index (χ2n) is 6.19. The maximum atomic E-state index is 12.4. The molecule has 6 nitrogen and oxygen atoms in total. The smallest absolute Gasteiger partial charge is 0.348 e. The second kappa shape index (κ2) is 7.01. The number of aliphatic hydroxyl groups excluding tert-OH is 1. The highest BCUT2D eigenvalue weighted by molar-refractivity contribution is 7.98. The zero-order valence-corrected chi connectivity index (χ0v) is 14.7. The lowest BCUT2D eigenvalue weighted by atomic mass is 10.2. The molecule has 3 heterocycles. The summed E-state index contributed by atoms with van der Waals surface area (Å²) < 4.78 is 3.74. The van der Waals surface area contributed by atoms with Gasteiger partial charge in [0.25, 0.3) is 0 Å². The summed E-state index contributed by atoms with van der Waals surface area (Å²) >= 11 is 1.59. The molecule has 3 aromatic heterocycles. The van der Waals surface area contributed by atoms with Crippen molar-refractivity contribution in [2.45, 2.75) is 43.0 Å². The number of hydrogen-bond acceptors (Lipinski definition) is 5. The van der Waals surface area contributed by atoms with Crippen LogP contribution in [0.4, 0.5) is 0 Å². The summed E-state index contributed by atoms with van der Waals surface area (Å²) in [6, 6.07) is 5.93. The van der Waals surface area contributed by atoms with Crippen LogP contribution in [0, 0.1) is 0 Å².